The summed E-state index contributed by atoms with van der Waals surface area (Å²) in [5.41, 5.74) is -0.135. The van der Waals surface area contributed by atoms with Crippen LogP contribution < -0.4 is 5.32 Å². The molecule has 0 aromatic carbocycles. The van der Waals surface area contributed by atoms with Gasteiger partial charge in [-0.3, -0.25) is 4.90 Å². The minimum absolute atomic E-state index is 0.135. The van der Waals surface area contributed by atoms with Gasteiger partial charge >= 0.3 is 0 Å². The molecule has 2 N–H and O–H groups in total. The fourth-order valence-corrected chi connectivity index (χ4v) is 3.08. The SMILES string of the molecule is CC(C)NC(C)(CO)CCCN1CCN(C)CC1C. The Kier molecular flexibility index (Phi) is 6.74. The second-order valence-electron chi connectivity index (χ2n) is 6.77. The van der Waals surface area contributed by atoms with Crippen LogP contribution in [0.25, 0.3) is 0 Å². The van der Waals surface area contributed by atoms with E-state index >= 15 is 0 Å². The number of nitrogens with zero attached hydrogens (tertiary/aromatic N) is 2. The Labute approximate surface area is 119 Å². The zero-order valence-corrected chi connectivity index (χ0v) is 13.4. The van der Waals surface area contributed by atoms with E-state index in [1.54, 1.807) is 0 Å². The Balaban J connectivity index is 2.32. The second kappa shape index (κ2) is 7.58. The zero-order valence-electron chi connectivity index (χ0n) is 13.4. The first-order valence-electron chi connectivity index (χ1n) is 7.67. The van der Waals surface area contributed by atoms with Gasteiger partial charge in [0.2, 0.25) is 0 Å². The molecule has 1 saturated heterocycles. The van der Waals surface area contributed by atoms with Crippen molar-refractivity contribution in [2.75, 3.05) is 39.8 Å². The Hall–Kier alpha value is -0.160. The predicted molar refractivity (Wildman–Crippen MR) is 81.5 cm³/mol. The predicted octanol–water partition coefficient (Wildman–Crippen LogP) is 1.15. The van der Waals surface area contributed by atoms with Crippen molar-refractivity contribution in [3.8, 4) is 0 Å². The largest absolute Gasteiger partial charge is 0.394 e. The van der Waals surface area contributed by atoms with E-state index in [-0.39, 0.29) is 12.1 Å². The maximum absolute atomic E-state index is 9.58. The number of nitrogens with one attached hydrogen (secondary N) is 1. The molecule has 0 saturated carbocycles. The Bertz CT molecular complexity index is 260. The Morgan fingerprint density at radius 3 is 2.58 bits per heavy atom. The van der Waals surface area contributed by atoms with Crippen LogP contribution in [0.15, 0.2) is 0 Å². The van der Waals surface area contributed by atoms with E-state index in [2.05, 4.69) is 49.9 Å². The number of aliphatic hydroxyl groups excluding tert-OH is 1. The van der Waals surface area contributed by atoms with E-state index in [1.165, 1.54) is 19.6 Å². The average molecular weight is 271 g/mol. The molecule has 19 heavy (non-hydrogen) atoms. The Morgan fingerprint density at radius 1 is 1.37 bits per heavy atom. The molecule has 0 amide bonds. The van der Waals surface area contributed by atoms with Crippen molar-refractivity contribution in [1.29, 1.82) is 0 Å². The molecular weight excluding hydrogens is 238 g/mol. The minimum atomic E-state index is -0.135. The van der Waals surface area contributed by atoms with Crippen LogP contribution in [-0.4, -0.2) is 72.4 Å². The normalized spacial score (nSPS) is 25.7. The molecule has 4 nitrogen and oxygen atoms in total. The highest BCUT2D eigenvalue weighted by atomic mass is 16.3. The van der Waals surface area contributed by atoms with E-state index in [9.17, 15) is 5.11 Å². The number of aliphatic hydroxyl groups is 1. The third-order valence-electron chi connectivity index (χ3n) is 4.13. The highest BCUT2D eigenvalue weighted by Gasteiger charge is 2.25. The number of hydrogen-bond acceptors (Lipinski definition) is 4. The van der Waals surface area contributed by atoms with Crippen molar-refractivity contribution in [2.45, 2.75) is 58.2 Å². The van der Waals surface area contributed by atoms with Gasteiger partial charge in [-0.05, 0) is 40.3 Å². The van der Waals surface area contributed by atoms with Crippen LogP contribution >= 0.6 is 0 Å². The lowest BCUT2D eigenvalue weighted by molar-refractivity contribution is 0.0909. The first-order valence-corrected chi connectivity index (χ1v) is 7.67. The molecule has 114 valence electrons. The van der Waals surface area contributed by atoms with Crippen molar-refractivity contribution in [3.63, 3.8) is 0 Å². The van der Waals surface area contributed by atoms with Crippen molar-refractivity contribution in [3.05, 3.63) is 0 Å². The van der Waals surface area contributed by atoms with E-state index in [4.69, 9.17) is 0 Å². The first kappa shape index (κ1) is 16.9. The van der Waals surface area contributed by atoms with Gasteiger partial charge in [0.1, 0.15) is 0 Å². The molecular formula is C15H33N3O. The van der Waals surface area contributed by atoms with Gasteiger partial charge in [-0.25, -0.2) is 0 Å². The van der Waals surface area contributed by atoms with Crippen LogP contribution in [-0.2, 0) is 0 Å². The van der Waals surface area contributed by atoms with Gasteiger partial charge in [0, 0.05) is 37.3 Å². The van der Waals surface area contributed by atoms with Gasteiger partial charge in [0.25, 0.3) is 0 Å². The van der Waals surface area contributed by atoms with Crippen LogP contribution in [0.2, 0.25) is 0 Å². The minimum Gasteiger partial charge on any atom is -0.394 e. The second-order valence-corrected chi connectivity index (χ2v) is 6.77. The summed E-state index contributed by atoms with van der Waals surface area (Å²) in [6, 6.07) is 1.07. The Morgan fingerprint density at radius 2 is 2.05 bits per heavy atom. The number of piperazine rings is 1. The van der Waals surface area contributed by atoms with E-state index in [0.717, 1.165) is 19.4 Å². The average Bonchev–Trinajstić information content (AvgIpc) is 2.31. The monoisotopic (exact) mass is 271 g/mol. The molecule has 2 atom stereocenters. The molecule has 0 radical (unpaired) electrons. The van der Waals surface area contributed by atoms with Gasteiger partial charge in [0.15, 0.2) is 0 Å². The molecule has 1 fully saturated rings. The topological polar surface area (TPSA) is 38.7 Å². The van der Waals surface area contributed by atoms with E-state index < -0.39 is 0 Å². The summed E-state index contributed by atoms with van der Waals surface area (Å²) in [5.74, 6) is 0. The molecule has 1 aliphatic heterocycles. The van der Waals surface area contributed by atoms with Crippen molar-refractivity contribution in [1.82, 2.24) is 15.1 Å². The van der Waals surface area contributed by atoms with Crippen molar-refractivity contribution in [2.24, 2.45) is 0 Å². The summed E-state index contributed by atoms with van der Waals surface area (Å²) in [7, 11) is 2.20. The van der Waals surface area contributed by atoms with Gasteiger partial charge in [-0.1, -0.05) is 13.8 Å². The number of rotatable bonds is 7. The van der Waals surface area contributed by atoms with Crippen molar-refractivity contribution >= 4 is 0 Å². The number of likely N-dealkylation sites (N-methyl/N-ethyl adjacent to an activating group) is 1. The standard InChI is InChI=1S/C15H33N3O/c1-13(2)16-15(4,12-19)7-6-8-18-10-9-17(5)11-14(18)3/h13-14,16,19H,6-12H2,1-5H3. The highest BCUT2D eigenvalue weighted by molar-refractivity contribution is 4.85. The molecule has 1 aliphatic rings. The van der Waals surface area contributed by atoms with Crippen molar-refractivity contribution < 1.29 is 5.11 Å². The maximum Gasteiger partial charge on any atom is 0.0610 e. The summed E-state index contributed by atoms with van der Waals surface area (Å²) in [6.45, 7) is 13.6. The lowest BCUT2D eigenvalue weighted by Gasteiger charge is -2.39. The van der Waals surface area contributed by atoms with Gasteiger partial charge in [0.05, 0.1) is 6.61 Å². The van der Waals surface area contributed by atoms with Gasteiger partial charge in [-0.2, -0.15) is 0 Å². The van der Waals surface area contributed by atoms with Crippen LogP contribution in [0.1, 0.15) is 40.5 Å². The summed E-state index contributed by atoms with van der Waals surface area (Å²) in [6.07, 6.45) is 2.17. The molecule has 1 heterocycles. The summed E-state index contributed by atoms with van der Waals surface area (Å²) >= 11 is 0. The molecule has 0 aromatic heterocycles. The molecule has 1 rings (SSSR count). The highest BCUT2D eigenvalue weighted by Crippen LogP contribution is 2.15. The summed E-state index contributed by atoms with van der Waals surface area (Å²) in [5, 5.41) is 13.1. The molecule has 0 aromatic rings. The smallest absolute Gasteiger partial charge is 0.0610 e. The van der Waals surface area contributed by atoms with Crippen LogP contribution in [0, 0.1) is 0 Å². The molecule has 2 unspecified atom stereocenters. The van der Waals surface area contributed by atoms with E-state index in [0.29, 0.717) is 12.1 Å². The maximum atomic E-state index is 9.58. The van der Waals surface area contributed by atoms with Gasteiger partial charge < -0.3 is 15.3 Å². The zero-order chi connectivity index (χ0) is 14.5. The van der Waals surface area contributed by atoms with E-state index in [1.807, 2.05) is 0 Å². The van der Waals surface area contributed by atoms with Crippen LogP contribution in [0.3, 0.4) is 0 Å². The number of hydrogen-bond donors (Lipinski definition) is 2. The first-order chi connectivity index (χ1) is 8.86. The molecule has 0 bridgehead atoms. The fraction of sp³-hybridized carbons (Fsp3) is 1.00. The summed E-state index contributed by atoms with van der Waals surface area (Å²) in [4.78, 5) is 4.98. The lowest BCUT2D eigenvalue weighted by Crippen LogP contribution is -2.52. The molecule has 4 heteroatoms. The lowest BCUT2D eigenvalue weighted by atomic mass is 9.95. The quantitative estimate of drug-likeness (QED) is 0.729. The third-order valence-corrected chi connectivity index (χ3v) is 4.13. The fourth-order valence-electron chi connectivity index (χ4n) is 3.08. The van der Waals surface area contributed by atoms with Crippen LogP contribution in [0.5, 0.6) is 0 Å². The third kappa shape index (κ3) is 5.78. The van der Waals surface area contributed by atoms with Crippen LogP contribution in [0.4, 0.5) is 0 Å². The summed E-state index contributed by atoms with van der Waals surface area (Å²) < 4.78 is 0. The van der Waals surface area contributed by atoms with Gasteiger partial charge in [-0.15, -0.1) is 0 Å². The molecule has 0 spiro atoms. The molecule has 0 aliphatic carbocycles.